The van der Waals surface area contributed by atoms with Crippen LogP contribution in [0.3, 0.4) is 0 Å². The second kappa shape index (κ2) is 4.84. The number of nitrogens with one attached hydrogen (secondary N) is 1. The minimum absolute atomic E-state index is 0.351. The topological polar surface area (TPSA) is 49.4 Å². The molecule has 0 aliphatic carbocycles. The maximum atomic E-state index is 12.7. The van der Waals surface area contributed by atoms with Crippen LogP contribution in [0.25, 0.3) is 0 Å². The van der Waals surface area contributed by atoms with Gasteiger partial charge in [-0.1, -0.05) is 0 Å². The third-order valence-corrected chi connectivity index (χ3v) is 7.23. The van der Waals surface area contributed by atoms with Crippen LogP contribution in [0.2, 0.25) is 0 Å². The molecule has 4 nitrogen and oxygen atoms in total. The number of aryl methyl sites for hydroxylation is 2. The van der Waals surface area contributed by atoms with Crippen LogP contribution in [0.1, 0.15) is 22.6 Å². The van der Waals surface area contributed by atoms with Gasteiger partial charge in [-0.05, 0) is 45.2 Å². The monoisotopic (exact) mass is 300 g/mol. The summed E-state index contributed by atoms with van der Waals surface area (Å²) in [5.74, 6) is 0.489. The van der Waals surface area contributed by atoms with Crippen LogP contribution >= 0.6 is 11.3 Å². The Labute approximate surface area is 118 Å². The van der Waals surface area contributed by atoms with Gasteiger partial charge in [-0.3, -0.25) is 0 Å². The second-order valence-electron chi connectivity index (χ2n) is 5.56. The predicted octanol–water partition coefficient (Wildman–Crippen LogP) is 1.74. The highest BCUT2D eigenvalue weighted by Crippen LogP contribution is 2.32. The largest absolute Gasteiger partial charge is 0.312 e. The summed E-state index contributed by atoms with van der Waals surface area (Å²) < 4.78 is 27.1. The standard InChI is InChI=1S/C13H20N2O2S2/c1-9-6-13(10(2)18-9)19(16,17)15-7-11-4-3-5-14-12(11)8-15/h6,11-12,14H,3-5,7-8H2,1-2H3/t11-,12+/m0/s1. The van der Waals surface area contributed by atoms with Crippen molar-refractivity contribution < 1.29 is 8.42 Å². The van der Waals surface area contributed by atoms with Crippen molar-refractivity contribution in [1.82, 2.24) is 9.62 Å². The van der Waals surface area contributed by atoms with Gasteiger partial charge in [-0.25, -0.2) is 8.42 Å². The molecule has 3 rings (SSSR count). The van der Waals surface area contributed by atoms with E-state index in [-0.39, 0.29) is 0 Å². The van der Waals surface area contributed by atoms with Gasteiger partial charge in [0, 0.05) is 28.9 Å². The van der Waals surface area contributed by atoms with Crippen molar-refractivity contribution in [2.75, 3.05) is 19.6 Å². The summed E-state index contributed by atoms with van der Waals surface area (Å²) in [6, 6.07) is 2.16. The number of hydrogen-bond donors (Lipinski definition) is 1. The lowest BCUT2D eigenvalue weighted by Crippen LogP contribution is -2.41. The van der Waals surface area contributed by atoms with E-state index in [2.05, 4.69) is 5.32 Å². The van der Waals surface area contributed by atoms with Crippen molar-refractivity contribution >= 4 is 21.4 Å². The van der Waals surface area contributed by atoms with Gasteiger partial charge in [0.1, 0.15) is 0 Å². The Morgan fingerprint density at radius 2 is 2.16 bits per heavy atom. The van der Waals surface area contributed by atoms with Crippen molar-refractivity contribution in [1.29, 1.82) is 0 Å². The molecule has 2 saturated heterocycles. The molecule has 0 amide bonds. The molecule has 106 valence electrons. The summed E-state index contributed by atoms with van der Waals surface area (Å²) in [6.07, 6.45) is 2.30. The molecule has 0 saturated carbocycles. The third-order valence-electron chi connectivity index (χ3n) is 4.18. The molecule has 2 fully saturated rings. The van der Waals surface area contributed by atoms with E-state index in [4.69, 9.17) is 0 Å². The van der Waals surface area contributed by atoms with Crippen LogP contribution in [0, 0.1) is 19.8 Å². The van der Waals surface area contributed by atoms with Gasteiger partial charge in [0.15, 0.2) is 0 Å². The molecule has 2 aliphatic heterocycles. The summed E-state index contributed by atoms with van der Waals surface area (Å²) in [7, 11) is -3.30. The molecule has 1 aromatic heterocycles. The van der Waals surface area contributed by atoms with Gasteiger partial charge >= 0.3 is 0 Å². The molecular weight excluding hydrogens is 280 g/mol. The Morgan fingerprint density at radius 1 is 1.37 bits per heavy atom. The number of nitrogens with zero attached hydrogens (tertiary/aromatic N) is 1. The smallest absolute Gasteiger partial charge is 0.244 e. The molecule has 1 N–H and O–H groups in total. The van der Waals surface area contributed by atoms with E-state index in [1.54, 1.807) is 15.6 Å². The van der Waals surface area contributed by atoms with Gasteiger partial charge in [-0.15, -0.1) is 11.3 Å². The maximum absolute atomic E-state index is 12.7. The SMILES string of the molecule is Cc1cc(S(=O)(=O)N2C[C@@H]3CCCN[C@@H]3C2)c(C)s1. The highest BCUT2D eigenvalue weighted by molar-refractivity contribution is 7.89. The Bertz CT molecular complexity index is 565. The van der Waals surface area contributed by atoms with Crippen molar-refractivity contribution in [3.05, 3.63) is 15.8 Å². The first-order valence-corrected chi connectivity index (χ1v) is 9.04. The molecule has 6 heteroatoms. The Balaban J connectivity index is 1.87. The van der Waals surface area contributed by atoms with Gasteiger partial charge in [-0.2, -0.15) is 4.31 Å². The zero-order valence-electron chi connectivity index (χ0n) is 11.3. The fourth-order valence-corrected chi connectivity index (χ4v) is 6.25. The van der Waals surface area contributed by atoms with Crippen LogP contribution in [0.4, 0.5) is 0 Å². The minimum Gasteiger partial charge on any atom is -0.312 e. The normalized spacial score (nSPS) is 28.5. The number of rotatable bonds is 2. The Hall–Kier alpha value is -0.430. The molecule has 0 spiro atoms. The van der Waals surface area contributed by atoms with E-state index in [1.165, 1.54) is 0 Å². The van der Waals surface area contributed by atoms with Gasteiger partial charge in [0.05, 0.1) is 4.90 Å². The number of piperidine rings is 1. The van der Waals surface area contributed by atoms with E-state index in [0.29, 0.717) is 29.9 Å². The van der Waals surface area contributed by atoms with E-state index in [9.17, 15) is 8.42 Å². The van der Waals surface area contributed by atoms with Gasteiger partial charge in [0.25, 0.3) is 0 Å². The number of thiophene rings is 1. The van der Waals surface area contributed by atoms with Gasteiger partial charge in [0.2, 0.25) is 10.0 Å². The lowest BCUT2D eigenvalue weighted by atomic mass is 9.94. The summed E-state index contributed by atoms with van der Waals surface area (Å²) in [5, 5.41) is 3.45. The fourth-order valence-electron chi connectivity index (χ4n) is 3.21. The van der Waals surface area contributed by atoms with Crippen LogP contribution in [-0.4, -0.2) is 38.4 Å². The molecule has 2 aliphatic rings. The Morgan fingerprint density at radius 3 is 2.79 bits per heavy atom. The molecule has 1 aromatic rings. The van der Waals surface area contributed by atoms with Crippen LogP contribution in [0.15, 0.2) is 11.0 Å². The number of hydrogen-bond acceptors (Lipinski definition) is 4. The third kappa shape index (κ3) is 2.35. The summed E-state index contributed by atoms with van der Waals surface area (Å²) in [5.41, 5.74) is 0. The van der Waals surface area contributed by atoms with Crippen LogP contribution < -0.4 is 5.32 Å². The summed E-state index contributed by atoms with van der Waals surface area (Å²) in [6.45, 7) is 6.18. The van der Waals surface area contributed by atoms with Crippen molar-refractivity contribution in [3.8, 4) is 0 Å². The first kappa shape index (κ1) is 13.5. The highest BCUT2D eigenvalue weighted by Gasteiger charge is 2.40. The quantitative estimate of drug-likeness (QED) is 0.905. The average molecular weight is 300 g/mol. The Kier molecular flexibility index (Phi) is 3.45. The van der Waals surface area contributed by atoms with E-state index < -0.39 is 10.0 Å². The summed E-state index contributed by atoms with van der Waals surface area (Å²) in [4.78, 5) is 2.47. The molecular formula is C13H20N2O2S2. The molecule has 19 heavy (non-hydrogen) atoms. The molecule has 0 aromatic carbocycles. The lowest BCUT2D eigenvalue weighted by Gasteiger charge is -2.24. The first-order chi connectivity index (χ1) is 8.98. The van der Waals surface area contributed by atoms with Crippen molar-refractivity contribution in [3.63, 3.8) is 0 Å². The number of sulfonamides is 1. The van der Waals surface area contributed by atoms with Crippen LogP contribution in [0.5, 0.6) is 0 Å². The van der Waals surface area contributed by atoms with Crippen molar-refractivity contribution in [2.24, 2.45) is 5.92 Å². The molecule has 0 bridgehead atoms. The minimum atomic E-state index is -3.30. The highest BCUT2D eigenvalue weighted by atomic mass is 32.2. The molecule has 3 heterocycles. The zero-order chi connectivity index (χ0) is 13.6. The molecule has 2 atom stereocenters. The zero-order valence-corrected chi connectivity index (χ0v) is 13.0. The van der Waals surface area contributed by atoms with E-state index in [1.807, 2.05) is 19.9 Å². The van der Waals surface area contributed by atoms with E-state index >= 15 is 0 Å². The molecule has 0 unspecified atom stereocenters. The number of fused-ring (bicyclic) bond motifs is 1. The van der Waals surface area contributed by atoms with Crippen molar-refractivity contribution in [2.45, 2.75) is 37.6 Å². The van der Waals surface area contributed by atoms with Crippen LogP contribution in [-0.2, 0) is 10.0 Å². The van der Waals surface area contributed by atoms with Gasteiger partial charge < -0.3 is 5.32 Å². The summed E-state index contributed by atoms with van der Waals surface area (Å²) >= 11 is 1.56. The average Bonchev–Trinajstić information content (AvgIpc) is 2.92. The molecule has 0 radical (unpaired) electrons. The lowest BCUT2D eigenvalue weighted by molar-refractivity contribution is 0.339. The second-order valence-corrected chi connectivity index (χ2v) is 8.93. The first-order valence-electron chi connectivity index (χ1n) is 6.79. The predicted molar refractivity (Wildman–Crippen MR) is 77.1 cm³/mol. The maximum Gasteiger partial charge on any atom is 0.244 e. The van der Waals surface area contributed by atoms with E-state index in [0.717, 1.165) is 29.1 Å². The fraction of sp³-hybridized carbons (Fsp3) is 0.692.